The summed E-state index contributed by atoms with van der Waals surface area (Å²) in [5.74, 6) is 0. The largest absolute Gasteiger partial charge is 1.00 e. The number of rotatable bonds is 8. The molecule has 150 valence electrons. The van der Waals surface area contributed by atoms with Crippen molar-refractivity contribution < 1.29 is 57.7 Å². The second kappa shape index (κ2) is 14.5. The van der Waals surface area contributed by atoms with Crippen LogP contribution in [0.1, 0.15) is 75.5 Å². The Morgan fingerprint density at radius 2 is 1.48 bits per heavy atom. The van der Waals surface area contributed by atoms with E-state index in [0.29, 0.717) is 0 Å². The number of aryl methyl sites for hydroxylation is 3. The van der Waals surface area contributed by atoms with Crippen molar-refractivity contribution in [3.05, 3.63) is 49.0 Å². The van der Waals surface area contributed by atoms with Crippen molar-refractivity contribution in [2.45, 2.75) is 79.6 Å². The SMILES string of the molecule is CCCCCC1=[C]([Ti+3])C(CCC)=C([SiH2]c2c(C)cc(C)cc2C)C1.[Cl-].[Cl-].[Cl-]. The molecule has 1 aromatic carbocycles. The van der Waals surface area contributed by atoms with Gasteiger partial charge in [0, 0.05) is 0 Å². The summed E-state index contributed by atoms with van der Waals surface area (Å²) in [5.41, 5.74) is 7.97. The minimum atomic E-state index is -0.331. The number of hydrogen-bond acceptors (Lipinski definition) is 0. The Balaban J connectivity index is 0. The van der Waals surface area contributed by atoms with E-state index >= 15 is 0 Å². The van der Waals surface area contributed by atoms with Crippen LogP contribution in [0, 0.1) is 20.8 Å². The molecule has 0 bridgehead atoms. The van der Waals surface area contributed by atoms with E-state index in [0.717, 1.165) is 0 Å². The van der Waals surface area contributed by atoms with E-state index in [1.165, 1.54) is 61.6 Å². The fourth-order valence-corrected chi connectivity index (χ4v) is 7.33. The van der Waals surface area contributed by atoms with Crippen LogP contribution in [0.5, 0.6) is 0 Å². The molecule has 0 heterocycles. The van der Waals surface area contributed by atoms with Gasteiger partial charge in [-0.2, -0.15) is 0 Å². The number of allylic oxidation sites excluding steroid dienone is 4. The third-order valence-corrected chi connectivity index (χ3v) is 8.92. The molecule has 0 saturated heterocycles. The number of benzene rings is 1. The van der Waals surface area contributed by atoms with Gasteiger partial charge in [-0.05, 0) is 0 Å². The summed E-state index contributed by atoms with van der Waals surface area (Å²) < 4.78 is 1.66. The van der Waals surface area contributed by atoms with E-state index in [4.69, 9.17) is 0 Å². The Hall–Kier alpha value is 0.501. The Morgan fingerprint density at radius 3 is 2.00 bits per heavy atom. The zero-order chi connectivity index (χ0) is 17.7. The molecule has 1 aliphatic carbocycles. The van der Waals surface area contributed by atoms with Gasteiger partial charge in [-0.15, -0.1) is 0 Å². The molecular weight excluding hydrogens is 447 g/mol. The molecule has 0 unspecified atom stereocenters. The van der Waals surface area contributed by atoms with E-state index in [9.17, 15) is 0 Å². The molecule has 5 heteroatoms. The first-order valence-electron chi connectivity index (χ1n) is 9.69. The molecule has 0 spiro atoms. The molecule has 0 aromatic heterocycles. The van der Waals surface area contributed by atoms with E-state index < -0.39 is 0 Å². The van der Waals surface area contributed by atoms with Gasteiger partial charge in [0.25, 0.3) is 0 Å². The maximum Gasteiger partial charge on any atom is -1.00 e. The summed E-state index contributed by atoms with van der Waals surface area (Å²) in [6, 6.07) is 4.76. The van der Waals surface area contributed by atoms with Crippen LogP contribution in [-0.4, -0.2) is 9.52 Å². The second-order valence-electron chi connectivity index (χ2n) is 7.50. The van der Waals surface area contributed by atoms with Crippen molar-refractivity contribution in [3.63, 3.8) is 0 Å². The van der Waals surface area contributed by atoms with Crippen molar-refractivity contribution >= 4 is 14.7 Å². The molecular formula is C22H33Cl3SiTi. The zero-order valence-electron chi connectivity index (χ0n) is 17.4. The number of hydrogen-bond donors (Lipinski definition) is 0. The number of unbranched alkanes of at least 4 members (excludes halogenated alkanes) is 2. The fourth-order valence-electron chi connectivity index (χ4n) is 4.07. The average molecular weight is 480 g/mol. The van der Waals surface area contributed by atoms with Crippen LogP contribution in [0.2, 0.25) is 0 Å². The van der Waals surface area contributed by atoms with Crippen LogP contribution in [0.25, 0.3) is 0 Å². The molecule has 0 N–H and O–H groups in total. The van der Waals surface area contributed by atoms with Crippen LogP contribution in [0.15, 0.2) is 32.4 Å². The van der Waals surface area contributed by atoms with Crippen molar-refractivity contribution in [1.82, 2.24) is 0 Å². The molecule has 2 rings (SSSR count). The third kappa shape index (κ3) is 8.03. The average Bonchev–Trinajstić information content (AvgIpc) is 2.80. The minimum absolute atomic E-state index is 0. The van der Waals surface area contributed by atoms with E-state index in [1.807, 2.05) is 5.20 Å². The minimum Gasteiger partial charge on any atom is -1.00 e. The molecule has 0 aliphatic heterocycles. The van der Waals surface area contributed by atoms with Gasteiger partial charge < -0.3 is 37.2 Å². The molecule has 0 nitrogen and oxygen atoms in total. The van der Waals surface area contributed by atoms with Gasteiger partial charge in [-0.25, -0.2) is 0 Å². The maximum atomic E-state index is 2.41. The summed E-state index contributed by atoms with van der Waals surface area (Å²) >= 11 is 2.41. The van der Waals surface area contributed by atoms with E-state index in [1.54, 1.807) is 20.2 Å². The van der Waals surface area contributed by atoms with Crippen LogP contribution < -0.4 is 42.4 Å². The Labute approximate surface area is 199 Å². The van der Waals surface area contributed by atoms with Crippen LogP contribution in [-0.2, 0) is 20.4 Å². The van der Waals surface area contributed by atoms with Gasteiger partial charge >= 0.3 is 164 Å². The van der Waals surface area contributed by atoms with Gasteiger partial charge in [0.1, 0.15) is 0 Å². The second-order valence-corrected chi connectivity index (χ2v) is 10.2. The number of halogens is 3. The first kappa shape index (κ1) is 29.7. The Kier molecular flexibility index (Phi) is 15.9. The molecule has 0 fully saturated rings. The normalized spacial score (nSPS) is 13.7. The van der Waals surface area contributed by atoms with E-state index in [2.05, 4.69) is 67.2 Å². The van der Waals surface area contributed by atoms with Crippen LogP contribution in [0.4, 0.5) is 0 Å². The van der Waals surface area contributed by atoms with Gasteiger partial charge in [0.15, 0.2) is 0 Å². The third-order valence-electron chi connectivity index (χ3n) is 5.32. The molecule has 0 amide bonds. The van der Waals surface area contributed by atoms with Crippen molar-refractivity contribution in [3.8, 4) is 0 Å². The first-order valence-corrected chi connectivity index (χ1v) is 11.9. The molecule has 0 saturated carbocycles. The zero-order valence-corrected chi connectivity index (χ0v) is 22.7. The van der Waals surface area contributed by atoms with Gasteiger partial charge in [-0.3, -0.25) is 0 Å². The Morgan fingerprint density at radius 1 is 0.889 bits per heavy atom. The van der Waals surface area contributed by atoms with E-state index in [-0.39, 0.29) is 46.7 Å². The quantitative estimate of drug-likeness (QED) is 0.266. The molecule has 1 aliphatic rings. The standard InChI is InChI=1S/C22H33Si.3ClH.Ti/c1-6-8-9-11-19-14-20(10-7-2)21(15-19)23-22-17(4)12-16(3)13-18(22)5;;;;/h12-13H,6-11,15,23H2,1-5H3;3*1H;/q;;;;+3/p-3. The monoisotopic (exact) mass is 478 g/mol. The Bertz CT molecular complexity index is 643. The van der Waals surface area contributed by atoms with Crippen molar-refractivity contribution in [1.29, 1.82) is 0 Å². The van der Waals surface area contributed by atoms with Crippen molar-refractivity contribution in [2.75, 3.05) is 0 Å². The smallest absolute Gasteiger partial charge is 1.00 e. The summed E-state index contributed by atoms with van der Waals surface area (Å²) in [6.45, 7) is 11.5. The predicted molar refractivity (Wildman–Crippen MR) is 107 cm³/mol. The topological polar surface area (TPSA) is 0 Å². The fraction of sp³-hybridized carbons (Fsp3) is 0.545. The van der Waals surface area contributed by atoms with Gasteiger partial charge in [0.2, 0.25) is 0 Å². The van der Waals surface area contributed by atoms with Gasteiger partial charge in [-0.1, -0.05) is 0 Å². The first-order chi connectivity index (χ1) is 11.5. The maximum absolute atomic E-state index is 2.41. The molecule has 0 radical (unpaired) electrons. The predicted octanol–water partition coefficient (Wildman–Crippen LogP) is -3.74. The van der Waals surface area contributed by atoms with Crippen LogP contribution in [0.3, 0.4) is 0 Å². The summed E-state index contributed by atoms with van der Waals surface area (Å²) in [7, 11) is -0.331. The molecule has 0 atom stereocenters. The molecule has 27 heavy (non-hydrogen) atoms. The molecule has 1 aromatic rings. The summed E-state index contributed by atoms with van der Waals surface area (Å²) in [4.78, 5) is 0. The van der Waals surface area contributed by atoms with Gasteiger partial charge in [0.05, 0.1) is 0 Å². The van der Waals surface area contributed by atoms with Crippen molar-refractivity contribution in [2.24, 2.45) is 0 Å². The van der Waals surface area contributed by atoms with Crippen LogP contribution >= 0.6 is 0 Å². The summed E-state index contributed by atoms with van der Waals surface area (Å²) in [6.07, 6.45) is 9.27. The summed E-state index contributed by atoms with van der Waals surface area (Å²) in [5, 5.41) is 3.54.